The van der Waals surface area contributed by atoms with Crippen LogP contribution in [0.2, 0.25) is 0 Å². The van der Waals surface area contributed by atoms with Gasteiger partial charge in [0.25, 0.3) is 11.7 Å². The fourth-order valence-corrected chi connectivity index (χ4v) is 4.71. The average molecular weight is 543 g/mol. The highest BCUT2D eigenvalue weighted by Gasteiger charge is 2.26. The molecule has 11 nitrogen and oxygen atoms in total. The number of H-pyrrole nitrogens is 1. The van der Waals surface area contributed by atoms with E-state index >= 15 is 0 Å². The lowest BCUT2D eigenvalue weighted by Crippen LogP contribution is -2.42. The Morgan fingerprint density at radius 3 is 2.58 bits per heavy atom. The molecule has 1 aliphatic heterocycles. The molecule has 1 aliphatic rings. The minimum absolute atomic E-state index is 0.0152. The molecule has 1 aromatic carbocycles. The van der Waals surface area contributed by atoms with Crippen molar-refractivity contribution in [2.45, 2.75) is 45.6 Å². The Morgan fingerprint density at radius 1 is 1.15 bits per heavy atom. The highest BCUT2D eigenvalue weighted by molar-refractivity contribution is 6.00. The van der Waals surface area contributed by atoms with Crippen LogP contribution in [0, 0.1) is 0 Å². The lowest BCUT2D eigenvalue weighted by atomic mass is 9.96. The van der Waals surface area contributed by atoms with E-state index in [4.69, 9.17) is 4.52 Å². The Morgan fingerprint density at radius 2 is 1.90 bits per heavy atom. The smallest absolute Gasteiger partial charge is 0.319 e. The number of urea groups is 1. The first-order chi connectivity index (χ1) is 19.0. The molecule has 4 aromatic rings. The predicted octanol–water partition coefficient (Wildman–Crippen LogP) is 4.57. The molecule has 0 unspecified atom stereocenters. The first-order valence-electron chi connectivity index (χ1n) is 13.3. The number of aromatic amines is 1. The van der Waals surface area contributed by atoms with Crippen molar-refractivity contribution >= 4 is 28.5 Å². The normalized spacial score (nSPS) is 14.7. The molecule has 40 heavy (non-hydrogen) atoms. The van der Waals surface area contributed by atoms with Gasteiger partial charge in [-0.25, -0.2) is 9.78 Å². The zero-order chi connectivity index (χ0) is 28.6. The summed E-state index contributed by atoms with van der Waals surface area (Å²) in [5, 5.41) is 15.3. The Bertz CT molecular complexity index is 1580. The highest BCUT2D eigenvalue weighted by atomic mass is 16.5. The summed E-state index contributed by atoms with van der Waals surface area (Å²) >= 11 is 0. The van der Waals surface area contributed by atoms with E-state index in [1.807, 2.05) is 62.9 Å². The number of amides is 3. The van der Waals surface area contributed by atoms with Gasteiger partial charge in [-0.15, -0.1) is 0 Å². The average Bonchev–Trinajstić information content (AvgIpc) is 3.61. The minimum Gasteiger partial charge on any atom is -0.343 e. The molecule has 1 atom stereocenters. The fourth-order valence-electron chi connectivity index (χ4n) is 4.71. The quantitative estimate of drug-likeness (QED) is 0.377. The van der Waals surface area contributed by atoms with Crippen molar-refractivity contribution in [3.05, 3.63) is 65.6 Å². The number of pyridine rings is 1. The molecule has 5 rings (SSSR count). The monoisotopic (exact) mass is 542 g/mol. The summed E-state index contributed by atoms with van der Waals surface area (Å²) in [6.07, 6.45) is 4.67. The van der Waals surface area contributed by atoms with Crippen LogP contribution < -0.4 is 5.32 Å². The Hall–Kier alpha value is -4.54. The van der Waals surface area contributed by atoms with Crippen LogP contribution in [-0.4, -0.2) is 74.2 Å². The van der Waals surface area contributed by atoms with E-state index in [-0.39, 0.29) is 23.3 Å². The summed E-state index contributed by atoms with van der Waals surface area (Å²) in [4.78, 5) is 37.4. The third-order valence-corrected chi connectivity index (χ3v) is 6.92. The van der Waals surface area contributed by atoms with Crippen LogP contribution in [0.25, 0.3) is 27.7 Å². The summed E-state index contributed by atoms with van der Waals surface area (Å²) in [6.45, 7) is 8.93. The molecule has 2 N–H and O–H groups in total. The summed E-state index contributed by atoms with van der Waals surface area (Å²) in [5.41, 5.74) is 5.07. The second-order valence-corrected chi connectivity index (χ2v) is 11.3. The van der Waals surface area contributed by atoms with Crippen LogP contribution in [-0.2, 0) is 5.41 Å². The second kappa shape index (κ2) is 10.6. The van der Waals surface area contributed by atoms with Crippen molar-refractivity contribution in [2.24, 2.45) is 0 Å². The van der Waals surface area contributed by atoms with Crippen LogP contribution in [0.15, 0.2) is 47.1 Å². The molecule has 0 radical (unpaired) electrons. The number of fused-ring (bicyclic) bond motifs is 1. The van der Waals surface area contributed by atoms with Gasteiger partial charge in [0.15, 0.2) is 5.65 Å². The van der Waals surface area contributed by atoms with Gasteiger partial charge in [-0.1, -0.05) is 56.3 Å². The van der Waals surface area contributed by atoms with Gasteiger partial charge in [-0.2, -0.15) is 10.1 Å². The van der Waals surface area contributed by atoms with Crippen LogP contribution >= 0.6 is 0 Å². The molecule has 3 amide bonds. The number of hydrogen-bond donors (Lipinski definition) is 2. The van der Waals surface area contributed by atoms with Crippen molar-refractivity contribution < 1.29 is 14.1 Å². The van der Waals surface area contributed by atoms with Crippen molar-refractivity contribution in [3.63, 3.8) is 0 Å². The number of benzene rings is 1. The van der Waals surface area contributed by atoms with E-state index in [0.29, 0.717) is 24.6 Å². The van der Waals surface area contributed by atoms with Gasteiger partial charge < -0.3 is 19.6 Å². The van der Waals surface area contributed by atoms with Crippen molar-refractivity contribution in [1.29, 1.82) is 0 Å². The lowest BCUT2D eigenvalue weighted by molar-refractivity contribution is 0.0926. The van der Waals surface area contributed by atoms with Crippen molar-refractivity contribution in [3.8, 4) is 11.1 Å². The maximum atomic E-state index is 12.7. The van der Waals surface area contributed by atoms with E-state index in [2.05, 4.69) is 36.7 Å². The molecule has 4 heterocycles. The Kier molecular flexibility index (Phi) is 7.14. The molecule has 0 bridgehead atoms. The molecule has 11 heteroatoms. The zero-order valence-electron chi connectivity index (χ0n) is 23.6. The Labute approximate surface area is 232 Å². The van der Waals surface area contributed by atoms with Crippen molar-refractivity contribution in [1.82, 2.24) is 40.4 Å². The van der Waals surface area contributed by atoms with E-state index in [1.54, 1.807) is 25.2 Å². The topological polar surface area (TPSA) is 133 Å². The summed E-state index contributed by atoms with van der Waals surface area (Å²) < 4.78 is 5.25. The van der Waals surface area contributed by atoms with Gasteiger partial charge in [-0.05, 0) is 41.7 Å². The number of rotatable bonds is 5. The first-order valence-corrected chi connectivity index (χ1v) is 13.3. The first kappa shape index (κ1) is 27.0. The SMILES string of the molecule is C[C@@H](NC(=O)c1noc(C(C)(C)C)n1)c1ccc(-c2ccnc3n[nH]c(C4=CCCN(C(=O)N(C)C)C4)c23)cc1. The maximum absolute atomic E-state index is 12.7. The Balaban J connectivity index is 1.37. The summed E-state index contributed by atoms with van der Waals surface area (Å²) in [7, 11) is 3.52. The number of nitrogens with one attached hydrogen (secondary N) is 2. The zero-order valence-corrected chi connectivity index (χ0v) is 23.6. The van der Waals surface area contributed by atoms with Gasteiger partial charge in [0.1, 0.15) is 0 Å². The lowest BCUT2D eigenvalue weighted by Gasteiger charge is -2.29. The van der Waals surface area contributed by atoms with Gasteiger partial charge >= 0.3 is 6.03 Å². The van der Waals surface area contributed by atoms with Gasteiger partial charge in [0, 0.05) is 38.8 Å². The summed E-state index contributed by atoms with van der Waals surface area (Å²) in [6, 6.07) is 9.70. The molecule has 0 saturated carbocycles. The van der Waals surface area contributed by atoms with Crippen molar-refractivity contribution in [2.75, 3.05) is 27.2 Å². The number of nitrogens with zero attached hydrogens (tertiary/aromatic N) is 6. The van der Waals surface area contributed by atoms with E-state index in [1.165, 1.54) is 0 Å². The van der Waals surface area contributed by atoms with Gasteiger partial charge in [-0.3, -0.25) is 9.89 Å². The number of hydrogen-bond acceptors (Lipinski definition) is 7. The van der Waals surface area contributed by atoms with E-state index in [9.17, 15) is 9.59 Å². The van der Waals surface area contributed by atoms with Crippen LogP contribution in [0.3, 0.4) is 0 Å². The second-order valence-electron chi connectivity index (χ2n) is 11.3. The molecule has 3 aromatic heterocycles. The third kappa shape index (κ3) is 5.31. The van der Waals surface area contributed by atoms with Gasteiger partial charge in [0.05, 0.1) is 17.1 Å². The van der Waals surface area contributed by atoms with Gasteiger partial charge in [0.2, 0.25) is 5.89 Å². The standard InChI is InChI=1S/C29H34N8O3/c1-17(31-26(38)25-32-27(40-35-25)29(2,3)4)18-9-11-19(12-10-18)21-13-14-30-24-22(21)23(33-34-24)20-8-7-15-37(16-20)28(39)36(5)6/h8-14,17H,7,15-16H2,1-6H3,(H,31,38)(H,30,33,34)/t17-/m1/s1. The molecular formula is C29H34N8O3. The fraction of sp³-hybridized carbons (Fsp3) is 0.379. The maximum Gasteiger partial charge on any atom is 0.319 e. The van der Waals surface area contributed by atoms with Crippen LogP contribution in [0.5, 0.6) is 0 Å². The summed E-state index contributed by atoms with van der Waals surface area (Å²) in [5.74, 6) is 0.0399. The largest absolute Gasteiger partial charge is 0.343 e. The highest BCUT2D eigenvalue weighted by Crippen LogP contribution is 2.34. The minimum atomic E-state index is -0.391. The molecule has 0 aliphatic carbocycles. The number of carbonyl (C=O) groups is 2. The van der Waals surface area contributed by atoms with Crippen LogP contribution in [0.1, 0.15) is 67.9 Å². The molecule has 0 fully saturated rings. The molecule has 0 spiro atoms. The van der Waals surface area contributed by atoms with E-state index in [0.717, 1.165) is 39.8 Å². The molecule has 0 saturated heterocycles. The molecular weight excluding hydrogens is 508 g/mol. The van der Waals surface area contributed by atoms with E-state index < -0.39 is 5.91 Å². The third-order valence-electron chi connectivity index (χ3n) is 6.92. The number of aromatic nitrogens is 5. The van der Waals surface area contributed by atoms with Crippen LogP contribution in [0.4, 0.5) is 4.79 Å². The number of carbonyl (C=O) groups excluding carboxylic acids is 2. The molecule has 208 valence electrons. The predicted molar refractivity (Wildman–Crippen MR) is 151 cm³/mol.